The van der Waals surface area contributed by atoms with Crippen molar-refractivity contribution in [1.82, 2.24) is 5.43 Å². The molecule has 1 amide bonds. The van der Waals surface area contributed by atoms with E-state index >= 15 is 0 Å². The second-order valence-corrected chi connectivity index (χ2v) is 6.19. The molecular weight excluding hydrogens is 332 g/mol. The van der Waals surface area contributed by atoms with Gasteiger partial charge in [0.25, 0.3) is 5.91 Å². The van der Waals surface area contributed by atoms with Crippen molar-refractivity contribution in [2.24, 2.45) is 11.0 Å². The number of nitrogens with zero attached hydrogens (tertiary/aromatic N) is 1. The molecule has 6 nitrogen and oxygen atoms in total. The number of carbonyl (C=O) groups excluding carboxylic acids is 1. The van der Waals surface area contributed by atoms with E-state index in [9.17, 15) is 9.90 Å². The number of nitrogens with one attached hydrogen (secondary N) is 1. The summed E-state index contributed by atoms with van der Waals surface area (Å²) < 4.78 is 10.6. The normalized spacial score (nSPS) is 10.9. The Morgan fingerprint density at radius 3 is 2.58 bits per heavy atom. The molecule has 26 heavy (non-hydrogen) atoms. The molecule has 0 spiro atoms. The molecule has 2 aromatic carbocycles. The van der Waals surface area contributed by atoms with Crippen LogP contribution in [0.3, 0.4) is 0 Å². The molecular formula is C20H24N2O4. The smallest absolute Gasteiger partial charge is 0.271 e. The number of ether oxygens (including phenoxy) is 2. The van der Waals surface area contributed by atoms with E-state index in [1.165, 1.54) is 19.4 Å². The molecule has 2 aromatic rings. The quantitative estimate of drug-likeness (QED) is 0.559. The van der Waals surface area contributed by atoms with E-state index in [0.717, 1.165) is 12.2 Å². The number of amides is 1. The number of rotatable bonds is 8. The summed E-state index contributed by atoms with van der Waals surface area (Å²) in [4.78, 5) is 12.1. The Hall–Kier alpha value is -3.02. The van der Waals surface area contributed by atoms with Crippen LogP contribution < -0.4 is 14.9 Å². The number of hydrogen-bond donors (Lipinski definition) is 2. The van der Waals surface area contributed by atoms with Crippen molar-refractivity contribution >= 4 is 12.1 Å². The lowest BCUT2D eigenvalue weighted by molar-refractivity contribution is 0.0955. The number of hydrazone groups is 1. The Morgan fingerprint density at radius 1 is 1.23 bits per heavy atom. The lowest BCUT2D eigenvalue weighted by Gasteiger charge is -2.08. The Bertz CT molecular complexity index is 755. The third kappa shape index (κ3) is 5.81. The van der Waals surface area contributed by atoms with Gasteiger partial charge in [0.05, 0.1) is 19.9 Å². The first kappa shape index (κ1) is 19.3. The first-order valence-corrected chi connectivity index (χ1v) is 8.43. The summed E-state index contributed by atoms with van der Waals surface area (Å²) in [6.45, 7) is 4.94. The van der Waals surface area contributed by atoms with Crippen LogP contribution in [0.2, 0.25) is 0 Å². The molecule has 0 unspecified atom stereocenters. The summed E-state index contributed by atoms with van der Waals surface area (Å²) in [6.07, 6.45) is 2.43. The molecule has 0 bridgehead atoms. The molecule has 0 heterocycles. The van der Waals surface area contributed by atoms with Crippen molar-refractivity contribution in [1.29, 1.82) is 0 Å². The molecule has 0 saturated carbocycles. The number of carbonyl (C=O) groups is 1. The highest BCUT2D eigenvalue weighted by molar-refractivity contribution is 5.95. The third-order valence-electron chi connectivity index (χ3n) is 3.66. The highest BCUT2D eigenvalue weighted by Crippen LogP contribution is 2.25. The molecule has 0 radical (unpaired) electrons. The molecule has 0 atom stereocenters. The van der Waals surface area contributed by atoms with Gasteiger partial charge in [0.15, 0.2) is 11.5 Å². The van der Waals surface area contributed by atoms with Crippen molar-refractivity contribution in [2.75, 3.05) is 13.7 Å². The van der Waals surface area contributed by atoms with Crippen LogP contribution in [-0.4, -0.2) is 30.9 Å². The highest BCUT2D eigenvalue weighted by atomic mass is 16.5. The Balaban J connectivity index is 1.88. The lowest BCUT2D eigenvalue weighted by Crippen LogP contribution is -2.17. The van der Waals surface area contributed by atoms with Crippen LogP contribution in [0, 0.1) is 5.92 Å². The summed E-state index contributed by atoms with van der Waals surface area (Å²) in [5.41, 5.74) is 3.57. The largest absolute Gasteiger partial charge is 0.504 e. The number of phenolic OH excluding ortho intramolecular Hbond substituents is 1. The number of aromatic hydroxyl groups is 1. The minimum Gasteiger partial charge on any atom is -0.504 e. The van der Waals surface area contributed by atoms with Crippen LogP contribution >= 0.6 is 0 Å². The summed E-state index contributed by atoms with van der Waals surface area (Å²) >= 11 is 0. The van der Waals surface area contributed by atoms with Gasteiger partial charge in [0, 0.05) is 5.56 Å². The van der Waals surface area contributed by atoms with Gasteiger partial charge in [0.2, 0.25) is 0 Å². The van der Waals surface area contributed by atoms with E-state index in [0.29, 0.717) is 29.4 Å². The minimum absolute atomic E-state index is 0.0100. The zero-order valence-electron chi connectivity index (χ0n) is 15.2. The van der Waals surface area contributed by atoms with Crippen molar-refractivity contribution in [2.45, 2.75) is 20.3 Å². The second-order valence-electron chi connectivity index (χ2n) is 6.19. The van der Waals surface area contributed by atoms with E-state index in [2.05, 4.69) is 24.4 Å². The van der Waals surface area contributed by atoms with Gasteiger partial charge in [-0.05, 0) is 60.4 Å². The monoisotopic (exact) mass is 356 g/mol. The summed E-state index contributed by atoms with van der Waals surface area (Å²) in [6, 6.07) is 11.7. The van der Waals surface area contributed by atoms with Gasteiger partial charge in [-0.15, -0.1) is 0 Å². The van der Waals surface area contributed by atoms with E-state index in [4.69, 9.17) is 9.47 Å². The molecule has 0 aliphatic carbocycles. The van der Waals surface area contributed by atoms with Crippen molar-refractivity contribution in [3.63, 3.8) is 0 Å². The fourth-order valence-electron chi connectivity index (χ4n) is 2.13. The fraction of sp³-hybridized carbons (Fsp3) is 0.300. The Labute approximate surface area is 153 Å². The molecule has 0 aliphatic heterocycles. The van der Waals surface area contributed by atoms with Crippen molar-refractivity contribution < 1.29 is 19.4 Å². The zero-order valence-corrected chi connectivity index (χ0v) is 15.2. The molecule has 0 saturated heterocycles. The molecule has 138 valence electrons. The number of hydrogen-bond acceptors (Lipinski definition) is 5. The number of phenols is 1. The number of benzene rings is 2. The number of methoxy groups -OCH3 is 1. The van der Waals surface area contributed by atoms with Gasteiger partial charge in [0.1, 0.15) is 5.75 Å². The maximum atomic E-state index is 12.1. The lowest BCUT2D eigenvalue weighted by atomic mass is 10.1. The molecule has 0 aliphatic rings. The average Bonchev–Trinajstić information content (AvgIpc) is 2.62. The van der Waals surface area contributed by atoms with Gasteiger partial charge in [-0.2, -0.15) is 5.10 Å². The predicted octanol–water partition coefficient (Wildman–Crippen LogP) is 3.59. The summed E-state index contributed by atoms with van der Waals surface area (Å²) in [7, 11) is 1.48. The zero-order chi connectivity index (χ0) is 18.9. The van der Waals surface area contributed by atoms with E-state index < -0.39 is 0 Å². The molecule has 6 heteroatoms. The molecule has 2 N–H and O–H groups in total. The summed E-state index contributed by atoms with van der Waals surface area (Å²) in [5.74, 6) is 1.38. The van der Waals surface area contributed by atoms with Crippen molar-refractivity contribution in [3.05, 3.63) is 53.6 Å². The summed E-state index contributed by atoms with van der Waals surface area (Å²) in [5, 5.41) is 13.6. The van der Waals surface area contributed by atoms with E-state index in [-0.39, 0.29) is 11.7 Å². The van der Waals surface area contributed by atoms with Gasteiger partial charge >= 0.3 is 0 Å². The Morgan fingerprint density at radius 2 is 1.96 bits per heavy atom. The van der Waals surface area contributed by atoms with Gasteiger partial charge in [-0.25, -0.2) is 5.43 Å². The van der Waals surface area contributed by atoms with E-state index in [1.54, 1.807) is 36.4 Å². The average molecular weight is 356 g/mol. The van der Waals surface area contributed by atoms with Gasteiger partial charge in [-0.3, -0.25) is 4.79 Å². The Kier molecular flexibility index (Phi) is 7.02. The van der Waals surface area contributed by atoms with Crippen LogP contribution in [0.1, 0.15) is 36.2 Å². The molecule has 2 rings (SSSR count). The van der Waals surface area contributed by atoms with Crippen LogP contribution in [0.15, 0.2) is 47.6 Å². The second kappa shape index (κ2) is 9.46. The SMILES string of the molecule is COc1ccc(/C=N/NC(=O)c2ccc(OCCC(C)C)cc2)cc1O. The van der Waals surface area contributed by atoms with Crippen LogP contribution in [-0.2, 0) is 0 Å². The van der Waals surface area contributed by atoms with E-state index in [1.807, 2.05) is 0 Å². The fourth-order valence-corrected chi connectivity index (χ4v) is 2.13. The van der Waals surface area contributed by atoms with Crippen molar-refractivity contribution in [3.8, 4) is 17.2 Å². The third-order valence-corrected chi connectivity index (χ3v) is 3.66. The molecule has 0 aromatic heterocycles. The van der Waals surface area contributed by atoms with Crippen LogP contribution in [0.4, 0.5) is 0 Å². The first-order chi connectivity index (χ1) is 12.5. The standard InChI is InChI=1S/C20H24N2O4/c1-14(2)10-11-26-17-7-5-16(6-8-17)20(24)22-21-13-15-4-9-19(25-3)18(23)12-15/h4-9,12-14,23H,10-11H2,1-3H3,(H,22,24)/b21-13+. The topological polar surface area (TPSA) is 80.2 Å². The van der Waals surface area contributed by atoms with Crippen LogP contribution in [0.5, 0.6) is 17.2 Å². The maximum absolute atomic E-state index is 12.1. The van der Waals surface area contributed by atoms with Gasteiger partial charge in [-0.1, -0.05) is 13.8 Å². The highest BCUT2D eigenvalue weighted by Gasteiger charge is 2.05. The predicted molar refractivity (Wildman–Crippen MR) is 101 cm³/mol. The maximum Gasteiger partial charge on any atom is 0.271 e. The minimum atomic E-state index is -0.326. The molecule has 0 fully saturated rings. The van der Waals surface area contributed by atoms with Crippen LogP contribution in [0.25, 0.3) is 0 Å². The van der Waals surface area contributed by atoms with Gasteiger partial charge < -0.3 is 14.6 Å². The first-order valence-electron chi connectivity index (χ1n) is 8.43.